The standard InChI is InChI=1S/C19H16BrN3O3S/c1-11(12-6-8-13(20)9-7-12)22-19(26)23(27)16-10-21-17(18(24)25)15-5-3-2-4-14(15)16/h2-11,27H,1H3,(H,22,26)(H,24,25). The zero-order valence-electron chi connectivity index (χ0n) is 14.3. The van der Waals surface area contributed by atoms with Gasteiger partial charge in [0.25, 0.3) is 0 Å². The van der Waals surface area contributed by atoms with Crippen LogP contribution in [-0.2, 0) is 0 Å². The smallest absolute Gasteiger partial charge is 0.355 e. The van der Waals surface area contributed by atoms with E-state index < -0.39 is 12.0 Å². The van der Waals surface area contributed by atoms with E-state index in [1.165, 1.54) is 6.20 Å². The van der Waals surface area contributed by atoms with E-state index in [2.05, 4.69) is 39.0 Å². The van der Waals surface area contributed by atoms with Crippen LogP contribution in [0.2, 0.25) is 0 Å². The minimum Gasteiger partial charge on any atom is -0.476 e. The number of urea groups is 1. The number of carbonyl (C=O) groups excluding carboxylic acids is 1. The fourth-order valence-electron chi connectivity index (χ4n) is 2.71. The van der Waals surface area contributed by atoms with E-state index in [1.54, 1.807) is 24.3 Å². The number of anilines is 1. The molecule has 0 bridgehead atoms. The maximum atomic E-state index is 12.6. The number of hydrogen-bond acceptors (Lipinski definition) is 4. The molecule has 0 spiro atoms. The number of nitrogens with zero attached hydrogens (tertiary/aromatic N) is 2. The molecule has 8 heteroatoms. The highest BCUT2D eigenvalue weighted by Crippen LogP contribution is 2.29. The lowest BCUT2D eigenvalue weighted by Crippen LogP contribution is -2.36. The molecule has 3 rings (SSSR count). The fourth-order valence-corrected chi connectivity index (χ4v) is 3.19. The van der Waals surface area contributed by atoms with Crippen LogP contribution >= 0.6 is 28.7 Å². The second-order valence-electron chi connectivity index (χ2n) is 5.88. The van der Waals surface area contributed by atoms with Gasteiger partial charge in [-0.2, -0.15) is 0 Å². The minimum absolute atomic E-state index is 0.0697. The van der Waals surface area contributed by atoms with Gasteiger partial charge in [0.1, 0.15) is 0 Å². The van der Waals surface area contributed by atoms with Gasteiger partial charge >= 0.3 is 12.0 Å². The Morgan fingerprint density at radius 3 is 2.41 bits per heavy atom. The van der Waals surface area contributed by atoms with Gasteiger partial charge in [-0.05, 0) is 24.6 Å². The molecule has 138 valence electrons. The number of fused-ring (bicyclic) bond motifs is 1. The van der Waals surface area contributed by atoms with Gasteiger partial charge in [-0.15, -0.1) is 0 Å². The summed E-state index contributed by atoms with van der Waals surface area (Å²) in [6, 6.07) is 13.8. The number of aromatic carboxylic acids is 1. The van der Waals surface area contributed by atoms with Crippen molar-refractivity contribution in [2.24, 2.45) is 0 Å². The normalized spacial score (nSPS) is 11.8. The molecule has 3 aromatic rings. The lowest BCUT2D eigenvalue weighted by molar-refractivity contribution is 0.0693. The molecular formula is C19H16BrN3O3S. The van der Waals surface area contributed by atoms with E-state index in [4.69, 9.17) is 0 Å². The largest absolute Gasteiger partial charge is 0.476 e. The first-order valence-electron chi connectivity index (χ1n) is 8.04. The van der Waals surface area contributed by atoms with Gasteiger partial charge in [0.15, 0.2) is 5.69 Å². The first kappa shape index (κ1) is 19.2. The third-order valence-corrected chi connectivity index (χ3v) is 5.03. The van der Waals surface area contributed by atoms with Crippen molar-refractivity contribution in [3.05, 3.63) is 70.5 Å². The summed E-state index contributed by atoms with van der Waals surface area (Å²) < 4.78 is 2.09. The highest BCUT2D eigenvalue weighted by Gasteiger charge is 2.20. The van der Waals surface area contributed by atoms with Crippen LogP contribution in [0.25, 0.3) is 10.8 Å². The van der Waals surface area contributed by atoms with Gasteiger partial charge in [-0.25, -0.2) is 18.9 Å². The summed E-state index contributed by atoms with van der Waals surface area (Å²) in [7, 11) is 0. The monoisotopic (exact) mass is 445 g/mol. The molecule has 0 saturated carbocycles. The Morgan fingerprint density at radius 1 is 1.15 bits per heavy atom. The van der Waals surface area contributed by atoms with E-state index in [0.29, 0.717) is 16.5 Å². The Labute approximate surface area is 169 Å². The molecule has 1 atom stereocenters. The fraction of sp³-hybridized carbons (Fsp3) is 0.105. The van der Waals surface area contributed by atoms with Crippen LogP contribution in [0.4, 0.5) is 10.5 Å². The molecular weight excluding hydrogens is 430 g/mol. The van der Waals surface area contributed by atoms with Gasteiger partial charge in [0.05, 0.1) is 17.9 Å². The molecule has 1 unspecified atom stereocenters. The number of nitrogens with one attached hydrogen (secondary N) is 1. The van der Waals surface area contributed by atoms with E-state index in [9.17, 15) is 14.7 Å². The molecule has 2 aromatic carbocycles. The molecule has 0 saturated heterocycles. The van der Waals surface area contributed by atoms with Crippen LogP contribution < -0.4 is 9.62 Å². The molecule has 1 aromatic heterocycles. The highest BCUT2D eigenvalue weighted by molar-refractivity contribution is 9.10. The Morgan fingerprint density at radius 2 is 1.78 bits per heavy atom. The van der Waals surface area contributed by atoms with E-state index in [0.717, 1.165) is 14.3 Å². The minimum atomic E-state index is -1.13. The highest BCUT2D eigenvalue weighted by atomic mass is 79.9. The summed E-state index contributed by atoms with van der Waals surface area (Å²) in [6.45, 7) is 1.87. The first-order valence-corrected chi connectivity index (χ1v) is 9.23. The number of carboxylic acids is 1. The summed E-state index contributed by atoms with van der Waals surface area (Å²) in [5, 5.41) is 13.2. The summed E-state index contributed by atoms with van der Waals surface area (Å²) in [4.78, 5) is 28.0. The molecule has 1 heterocycles. The summed E-state index contributed by atoms with van der Waals surface area (Å²) in [5.74, 6) is -1.13. The predicted octanol–water partition coefficient (Wildman–Crippen LogP) is 4.82. The number of hydrogen-bond donors (Lipinski definition) is 3. The van der Waals surface area contributed by atoms with E-state index >= 15 is 0 Å². The number of thiol groups is 1. The van der Waals surface area contributed by atoms with Crippen molar-refractivity contribution in [2.75, 3.05) is 4.31 Å². The molecule has 2 amide bonds. The van der Waals surface area contributed by atoms with E-state index in [1.807, 2.05) is 31.2 Å². The van der Waals surface area contributed by atoms with Crippen LogP contribution in [0.15, 0.2) is 59.2 Å². The van der Waals surface area contributed by atoms with Gasteiger partial charge in [-0.1, -0.05) is 65.1 Å². The molecule has 0 aliphatic carbocycles. The second-order valence-corrected chi connectivity index (χ2v) is 7.19. The maximum absolute atomic E-state index is 12.6. The van der Waals surface area contributed by atoms with Crippen LogP contribution in [0.3, 0.4) is 0 Å². The third-order valence-electron chi connectivity index (χ3n) is 4.11. The number of rotatable bonds is 4. The topological polar surface area (TPSA) is 82.5 Å². The number of halogens is 1. The van der Waals surface area contributed by atoms with Gasteiger partial charge < -0.3 is 10.4 Å². The number of carbonyl (C=O) groups is 2. The maximum Gasteiger partial charge on any atom is 0.355 e. The molecule has 6 nitrogen and oxygen atoms in total. The SMILES string of the molecule is CC(NC(=O)N(S)c1cnc(C(=O)O)c2ccccc12)c1ccc(Br)cc1. The average molecular weight is 446 g/mol. The summed E-state index contributed by atoms with van der Waals surface area (Å²) in [5.41, 5.74) is 1.27. The zero-order valence-corrected chi connectivity index (χ0v) is 16.7. The Hall–Kier alpha value is -2.58. The van der Waals surface area contributed by atoms with Crippen molar-refractivity contribution in [3.8, 4) is 0 Å². The van der Waals surface area contributed by atoms with Crippen molar-refractivity contribution in [1.82, 2.24) is 10.3 Å². The van der Waals surface area contributed by atoms with Crippen LogP contribution in [0.1, 0.15) is 29.0 Å². The number of amides is 2. The predicted molar refractivity (Wildman–Crippen MR) is 111 cm³/mol. The second kappa shape index (κ2) is 7.98. The summed E-state index contributed by atoms with van der Waals surface area (Å²) >= 11 is 7.69. The molecule has 0 aliphatic heterocycles. The lowest BCUT2D eigenvalue weighted by Gasteiger charge is -2.22. The van der Waals surface area contributed by atoms with Crippen molar-refractivity contribution >= 4 is 57.2 Å². The molecule has 27 heavy (non-hydrogen) atoms. The number of pyridine rings is 1. The Bertz CT molecular complexity index is 1010. The van der Waals surface area contributed by atoms with Crippen molar-refractivity contribution < 1.29 is 14.7 Å². The van der Waals surface area contributed by atoms with Gasteiger partial charge in [-0.3, -0.25) is 0 Å². The van der Waals surface area contributed by atoms with Crippen LogP contribution in [-0.4, -0.2) is 22.1 Å². The van der Waals surface area contributed by atoms with Gasteiger partial charge in [0, 0.05) is 15.2 Å². The lowest BCUT2D eigenvalue weighted by atomic mass is 10.1. The molecule has 2 N–H and O–H groups in total. The van der Waals surface area contributed by atoms with Crippen molar-refractivity contribution in [3.63, 3.8) is 0 Å². The Balaban J connectivity index is 1.88. The first-order chi connectivity index (χ1) is 12.9. The molecule has 0 fully saturated rings. The zero-order chi connectivity index (χ0) is 19.6. The Kier molecular flexibility index (Phi) is 5.67. The van der Waals surface area contributed by atoms with Crippen molar-refractivity contribution in [1.29, 1.82) is 0 Å². The van der Waals surface area contributed by atoms with Crippen LogP contribution in [0.5, 0.6) is 0 Å². The third kappa shape index (κ3) is 4.06. The van der Waals surface area contributed by atoms with Crippen molar-refractivity contribution in [2.45, 2.75) is 13.0 Å². The van der Waals surface area contributed by atoms with Crippen LogP contribution in [0, 0.1) is 0 Å². The summed E-state index contributed by atoms with van der Waals surface area (Å²) in [6.07, 6.45) is 1.34. The number of aromatic nitrogens is 1. The number of carboxylic acid groups (broad SMARTS) is 1. The molecule has 0 aliphatic rings. The molecule has 0 radical (unpaired) electrons. The van der Waals surface area contributed by atoms with Gasteiger partial charge in [0.2, 0.25) is 0 Å². The van der Waals surface area contributed by atoms with E-state index in [-0.39, 0.29) is 11.7 Å². The number of benzene rings is 2. The quantitative estimate of drug-likeness (QED) is 0.502. The average Bonchev–Trinajstić information content (AvgIpc) is 2.66.